The summed E-state index contributed by atoms with van der Waals surface area (Å²) >= 11 is 7.45. The van der Waals surface area contributed by atoms with E-state index < -0.39 is 0 Å². The van der Waals surface area contributed by atoms with Crippen molar-refractivity contribution in [3.05, 3.63) is 53.6 Å². The SMILES string of the molecule is CSc1ccccc1NC(=O)N[C@H]1CC(=O)N(c2ccc(Cl)cc2)C1. The number of benzene rings is 2. The molecule has 3 rings (SSSR count). The number of amides is 3. The van der Waals surface area contributed by atoms with Crippen LogP contribution in [0.4, 0.5) is 16.2 Å². The summed E-state index contributed by atoms with van der Waals surface area (Å²) < 4.78 is 0. The number of halogens is 1. The summed E-state index contributed by atoms with van der Waals surface area (Å²) in [6.45, 7) is 0.443. The van der Waals surface area contributed by atoms with Crippen molar-refractivity contribution < 1.29 is 9.59 Å². The maximum atomic E-state index is 12.3. The van der Waals surface area contributed by atoms with Gasteiger partial charge >= 0.3 is 6.03 Å². The van der Waals surface area contributed by atoms with Gasteiger partial charge in [-0.3, -0.25) is 4.79 Å². The van der Waals surface area contributed by atoms with E-state index in [1.54, 1.807) is 40.9 Å². The lowest BCUT2D eigenvalue weighted by molar-refractivity contribution is -0.117. The van der Waals surface area contributed by atoms with E-state index in [9.17, 15) is 9.59 Å². The zero-order chi connectivity index (χ0) is 17.8. The van der Waals surface area contributed by atoms with E-state index in [0.29, 0.717) is 11.6 Å². The Balaban J connectivity index is 1.61. The Bertz CT molecular complexity index is 782. The molecular weight excluding hydrogens is 358 g/mol. The molecule has 5 nitrogen and oxygen atoms in total. The summed E-state index contributed by atoms with van der Waals surface area (Å²) in [7, 11) is 0. The van der Waals surface area contributed by atoms with Gasteiger partial charge in [0.25, 0.3) is 0 Å². The molecule has 1 saturated heterocycles. The Morgan fingerprint density at radius 1 is 1.20 bits per heavy atom. The van der Waals surface area contributed by atoms with Crippen LogP contribution in [0.3, 0.4) is 0 Å². The number of nitrogens with zero attached hydrogens (tertiary/aromatic N) is 1. The number of urea groups is 1. The highest BCUT2D eigenvalue weighted by atomic mass is 35.5. The Hall–Kier alpha value is -2.18. The monoisotopic (exact) mass is 375 g/mol. The van der Waals surface area contributed by atoms with Crippen LogP contribution in [0.1, 0.15) is 6.42 Å². The fraction of sp³-hybridized carbons (Fsp3) is 0.222. The average Bonchev–Trinajstić information content (AvgIpc) is 2.96. The lowest BCUT2D eigenvalue weighted by Crippen LogP contribution is -2.39. The molecule has 3 amide bonds. The molecule has 1 aliphatic heterocycles. The first-order valence-corrected chi connectivity index (χ1v) is 9.43. The fourth-order valence-electron chi connectivity index (χ4n) is 2.77. The number of carbonyl (C=O) groups is 2. The standard InChI is InChI=1S/C18H18ClN3O2S/c1-25-16-5-3-2-4-15(16)21-18(24)20-13-10-17(23)22(11-13)14-8-6-12(19)7-9-14/h2-9,13H,10-11H2,1H3,(H2,20,21,24)/t13-/m0/s1. The van der Waals surface area contributed by atoms with E-state index in [-0.39, 0.29) is 24.4 Å². The van der Waals surface area contributed by atoms with Crippen molar-refractivity contribution in [2.75, 3.05) is 23.0 Å². The number of nitrogens with one attached hydrogen (secondary N) is 2. The summed E-state index contributed by atoms with van der Waals surface area (Å²) in [5.41, 5.74) is 1.54. The topological polar surface area (TPSA) is 61.4 Å². The van der Waals surface area contributed by atoms with E-state index in [2.05, 4.69) is 10.6 Å². The summed E-state index contributed by atoms with van der Waals surface area (Å²) in [6.07, 6.45) is 2.23. The fourth-order valence-corrected chi connectivity index (χ4v) is 3.45. The maximum Gasteiger partial charge on any atom is 0.319 e. The molecule has 0 aliphatic carbocycles. The summed E-state index contributed by atoms with van der Waals surface area (Å²) in [6, 6.07) is 14.2. The molecule has 0 spiro atoms. The highest BCUT2D eigenvalue weighted by Gasteiger charge is 2.31. The van der Waals surface area contributed by atoms with Crippen LogP contribution in [0.25, 0.3) is 0 Å². The summed E-state index contributed by atoms with van der Waals surface area (Å²) in [5, 5.41) is 6.34. The molecule has 1 aliphatic rings. The van der Waals surface area contributed by atoms with Crippen molar-refractivity contribution in [2.45, 2.75) is 17.4 Å². The van der Waals surface area contributed by atoms with Gasteiger partial charge in [-0.15, -0.1) is 11.8 Å². The zero-order valence-corrected chi connectivity index (χ0v) is 15.2. The maximum absolute atomic E-state index is 12.3. The molecule has 1 heterocycles. The van der Waals surface area contributed by atoms with E-state index in [1.165, 1.54) is 0 Å². The van der Waals surface area contributed by atoms with Crippen LogP contribution >= 0.6 is 23.4 Å². The number of carbonyl (C=O) groups excluding carboxylic acids is 2. The Morgan fingerprint density at radius 2 is 1.92 bits per heavy atom. The van der Waals surface area contributed by atoms with Gasteiger partial charge in [0.15, 0.2) is 0 Å². The largest absolute Gasteiger partial charge is 0.333 e. The van der Waals surface area contributed by atoms with Crippen LogP contribution in [0, 0.1) is 0 Å². The van der Waals surface area contributed by atoms with Crippen LogP contribution in [0.15, 0.2) is 53.4 Å². The van der Waals surface area contributed by atoms with Crippen molar-refractivity contribution in [3.63, 3.8) is 0 Å². The highest BCUT2D eigenvalue weighted by Crippen LogP contribution is 2.25. The van der Waals surface area contributed by atoms with Crippen molar-refractivity contribution in [2.24, 2.45) is 0 Å². The predicted octanol–water partition coefficient (Wildman–Crippen LogP) is 3.99. The first kappa shape index (κ1) is 17.6. The molecule has 0 saturated carbocycles. The molecule has 25 heavy (non-hydrogen) atoms. The second-order valence-electron chi connectivity index (χ2n) is 5.68. The van der Waals surface area contributed by atoms with Gasteiger partial charge in [-0.05, 0) is 42.7 Å². The summed E-state index contributed by atoms with van der Waals surface area (Å²) in [5.74, 6) is -0.0165. The lowest BCUT2D eigenvalue weighted by Gasteiger charge is -2.18. The van der Waals surface area contributed by atoms with Gasteiger partial charge in [-0.2, -0.15) is 0 Å². The smallest absolute Gasteiger partial charge is 0.319 e. The molecule has 1 fully saturated rings. The van der Waals surface area contributed by atoms with Crippen LogP contribution in [-0.4, -0.2) is 30.8 Å². The second kappa shape index (κ2) is 7.80. The highest BCUT2D eigenvalue weighted by molar-refractivity contribution is 7.98. The molecule has 2 aromatic carbocycles. The molecule has 2 N–H and O–H groups in total. The van der Waals surface area contributed by atoms with Gasteiger partial charge < -0.3 is 15.5 Å². The predicted molar refractivity (Wildman–Crippen MR) is 103 cm³/mol. The Kier molecular flexibility index (Phi) is 5.50. The Morgan fingerprint density at radius 3 is 2.64 bits per heavy atom. The Labute approximate surface area is 155 Å². The minimum Gasteiger partial charge on any atom is -0.333 e. The first-order valence-electron chi connectivity index (χ1n) is 7.83. The van der Waals surface area contributed by atoms with Gasteiger partial charge in [0.2, 0.25) is 5.91 Å². The molecule has 0 radical (unpaired) electrons. The van der Waals surface area contributed by atoms with Gasteiger partial charge in [-0.1, -0.05) is 23.7 Å². The molecule has 0 aromatic heterocycles. The van der Waals surface area contributed by atoms with E-state index in [0.717, 1.165) is 16.3 Å². The minimum atomic E-state index is -0.308. The zero-order valence-electron chi connectivity index (χ0n) is 13.7. The molecule has 1 atom stereocenters. The number of thioether (sulfide) groups is 1. The van der Waals surface area contributed by atoms with E-state index in [4.69, 9.17) is 11.6 Å². The lowest BCUT2D eigenvalue weighted by atomic mass is 10.2. The first-order chi connectivity index (χ1) is 12.1. The van der Waals surface area contributed by atoms with Gasteiger partial charge in [0, 0.05) is 28.6 Å². The van der Waals surface area contributed by atoms with Crippen molar-refractivity contribution in [1.82, 2.24) is 5.32 Å². The van der Waals surface area contributed by atoms with E-state index in [1.807, 2.05) is 30.5 Å². The van der Waals surface area contributed by atoms with Crippen LogP contribution in [0.2, 0.25) is 5.02 Å². The quantitative estimate of drug-likeness (QED) is 0.794. The van der Waals surface area contributed by atoms with Crippen molar-refractivity contribution in [1.29, 1.82) is 0 Å². The van der Waals surface area contributed by atoms with E-state index >= 15 is 0 Å². The molecule has 7 heteroatoms. The van der Waals surface area contributed by atoms with Crippen molar-refractivity contribution >= 4 is 46.7 Å². The molecular formula is C18H18ClN3O2S. The summed E-state index contributed by atoms with van der Waals surface area (Å²) in [4.78, 5) is 27.1. The third-order valence-electron chi connectivity index (χ3n) is 3.95. The molecule has 0 bridgehead atoms. The van der Waals surface area contributed by atoms with Gasteiger partial charge in [-0.25, -0.2) is 4.79 Å². The average molecular weight is 376 g/mol. The second-order valence-corrected chi connectivity index (χ2v) is 6.97. The van der Waals surface area contributed by atoms with Gasteiger partial charge in [0.1, 0.15) is 0 Å². The van der Waals surface area contributed by atoms with Crippen molar-refractivity contribution in [3.8, 4) is 0 Å². The number of para-hydroxylation sites is 1. The third-order valence-corrected chi connectivity index (χ3v) is 5.00. The minimum absolute atomic E-state index is 0.0165. The number of hydrogen-bond donors (Lipinski definition) is 2. The van der Waals surface area contributed by atoms with Crippen LogP contribution in [0.5, 0.6) is 0 Å². The normalized spacial score (nSPS) is 16.8. The number of anilines is 2. The van der Waals surface area contributed by atoms with Crippen LogP contribution < -0.4 is 15.5 Å². The number of rotatable bonds is 4. The number of hydrogen-bond acceptors (Lipinski definition) is 3. The molecule has 130 valence electrons. The van der Waals surface area contributed by atoms with Crippen LogP contribution in [-0.2, 0) is 4.79 Å². The molecule has 0 unspecified atom stereocenters. The van der Waals surface area contributed by atoms with Gasteiger partial charge in [0.05, 0.1) is 11.7 Å². The molecule has 2 aromatic rings. The third kappa shape index (κ3) is 4.27.